The van der Waals surface area contributed by atoms with E-state index in [9.17, 15) is 23.9 Å². The number of carbonyl (C=O) groups excluding carboxylic acids is 2. The molecule has 9 nitrogen and oxygen atoms in total. The Morgan fingerprint density at radius 2 is 1.69 bits per heavy atom. The Balaban J connectivity index is 1.66. The van der Waals surface area contributed by atoms with E-state index in [4.69, 9.17) is 4.84 Å². The average Bonchev–Trinajstić information content (AvgIpc) is 2.96. The van der Waals surface area contributed by atoms with E-state index >= 15 is 0 Å². The van der Waals surface area contributed by atoms with E-state index in [2.05, 4.69) is 10.3 Å². The highest BCUT2D eigenvalue weighted by Gasteiger charge is 2.20. The highest BCUT2D eigenvalue weighted by molar-refractivity contribution is 5.80. The number of halogens is 1. The molecule has 0 unspecified atom stereocenters. The zero-order chi connectivity index (χ0) is 27.6. The Morgan fingerprint density at radius 3 is 2.33 bits per heavy atom. The number of hydrogen-bond donors (Lipinski definition) is 2. The van der Waals surface area contributed by atoms with Crippen LogP contribution >= 0.6 is 0 Å². The van der Waals surface area contributed by atoms with E-state index in [1.165, 1.54) is 24.3 Å². The number of benzene rings is 3. The normalized spacial score (nSPS) is 11.2. The van der Waals surface area contributed by atoms with E-state index in [1.54, 1.807) is 30.3 Å². The van der Waals surface area contributed by atoms with Gasteiger partial charge in [-0.2, -0.15) is 5.06 Å². The first-order chi connectivity index (χ1) is 19.0. The van der Waals surface area contributed by atoms with Crippen LogP contribution in [0.5, 0.6) is 0 Å². The Morgan fingerprint density at radius 1 is 1.03 bits per heavy atom. The van der Waals surface area contributed by atoms with Gasteiger partial charge in [-0.15, -0.1) is 0 Å². The van der Waals surface area contributed by atoms with Crippen LogP contribution in [-0.2, 0) is 27.6 Å². The summed E-state index contributed by atoms with van der Waals surface area (Å²) in [4.78, 5) is 48.2. The predicted molar refractivity (Wildman–Crippen MR) is 143 cm³/mol. The van der Waals surface area contributed by atoms with E-state index in [1.807, 2.05) is 36.4 Å². The van der Waals surface area contributed by atoms with Crippen molar-refractivity contribution >= 4 is 24.1 Å². The van der Waals surface area contributed by atoms with E-state index in [0.717, 1.165) is 27.0 Å². The molecule has 2 N–H and O–H groups in total. The Labute approximate surface area is 223 Å². The van der Waals surface area contributed by atoms with Gasteiger partial charge in [-0.25, -0.2) is 9.37 Å². The summed E-state index contributed by atoms with van der Waals surface area (Å²) in [5.74, 6) is -1.04. The molecule has 39 heavy (non-hydrogen) atoms. The van der Waals surface area contributed by atoms with Gasteiger partial charge in [-0.05, 0) is 41.5 Å². The molecule has 2 amide bonds. The summed E-state index contributed by atoms with van der Waals surface area (Å²) < 4.78 is 14.6. The minimum Gasteiger partial charge on any atom is -0.390 e. The van der Waals surface area contributed by atoms with Gasteiger partial charge in [0.2, 0.25) is 12.3 Å². The third kappa shape index (κ3) is 7.10. The molecule has 4 rings (SSSR count). The minimum absolute atomic E-state index is 0.00333. The molecule has 0 saturated carbocycles. The zero-order valence-corrected chi connectivity index (χ0v) is 20.7. The van der Waals surface area contributed by atoms with Crippen molar-refractivity contribution in [1.82, 2.24) is 14.9 Å². The van der Waals surface area contributed by atoms with Crippen LogP contribution in [0.4, 0.5) is 10.1 Å². The number of nitrogens with zero attached hydrogens (tertiary/aromatic N) is 3. The van der Waals surface area contributed by atoms with Gasteiger partial charge in [-0.3, -0.25) is 23.8 Å². The molecular formula is C29H25FN4O5. The molecule has 3 aromatic carbocycles. The number of aliphatic hydroxyl groups excluding tert-OH is 1. The maximum absolute atomic E-state index is 13.5. The lowest BCUT2D eigenvalue weighted by Crippen LogP contribution is -2.37. The molecule has 0 saturated heterocycles. The van der Waals surface area contributed by atoms with Crippen molar-refractivity contribution in [2.75, 3.05) is 11.7 Å². The number of anilines is 1. The zero-order valence-electron chi connectivity index (χ0n) is 20.7. The van der Waals surface area contributed by atoms with Gasteiger partial charge in [0.1, 0.15) is 24.8 Å². The van der Waals surface area contributed by atoms with Crippen LogP contribution in [0.1, 0.15) is 11.1 Å². The van der Waals surface area contributed by atoms with Gasteiger partial charge in [-0.1, -0.05) is 60.7 Å². The third-order valence-electron chi connectivity index (χ3n) is 5.59. The number of amides is 2. The average molecular weight is 529 g/mol. The van der Waals surface area contributed by atoms with Crippen LogP contribution in [0.25, 0.3) is 17.5 Å². The van der Waals surface area contributed by atoms with Crippen molar-refractivity contribution in [3.8, 4) is 11.4 Å². The topological polar surface area (TPSA) is 114 Å². The van der Waals surface area contributed by atoms with E-state index in [-0.39, 0.29) is 23.8 Å². The molecule has 0 bridgehead atoms. The van der Waals surface area contributed by atoms with Crippen LogP contribution in [0, 0.1) is 5.82 Å². The molecule has 1 aromatic heterocycles. The highest BCUT2D eigenvalue weighted by atomic mass is 19.1. The summed E-state index contributed by atoms with van der Waals surface area (Å²) in [6.07, 6.45) is 3.08. The first-order valence-electron chi connectivity index (χ1n) is 11.9. The monoisotopic (exact) mass is 528 g/mol. The molecule has 0 atom stereocenters. The van der Waals surface area contributed by atoms with Gasteiger partial charge in [0, 0.05) is 11.3 Å². The molecule has 4 aromatic rings. The van der Waals surface area contributed by atoms with Gasteiger partial charge >= 0.3 is 0 Å². The highest BCUT2D eigenvalue weighted by Crippen LogP contribution is 2.19. The number of aromatic nitrogens is 2. The second-order valence-electron chi connectivity index (χ2n) is 8.34. The number of aliphatic hydroxyl groups is 1. The Bertz CT molecular complexity index is 1510. The fraction of sp³-hybridized carbons (Fsp3) is 0.103. The first-order valence-corrected chi connectivity index (χ1v) is 11.9. The molecule has 0 aliphatic carbocycles. The van der Waals surface area contributed by atoms with Crippen molar-refractivity contribution in [3.05, 3.63) is 124 Å². The number of rotatable bonds is 11. The summed E-state index contributed by atoms with van der Waals surface area (Å²) in [6, 6.07) is 23.3. The number of hydroxylamine groups is 1. The van der Waals surface area contributed by atoms with Crippen molar-refractivity contribution in [2.45, 2.75) is 13.2 Å². The lowest BCUT2D eigenvalue weighted by atomic mass is 10.2. The SMILES string of the molecule is O=CN(OCc1ccccc1)c1cnc(-c2ccc(F)cc2)n(CC(=O)NC(=Cc2ccccc2)CO)c1=O. The summed E-state index contributed by atoms with van der Waals surface area (Å²) in [7, 11) is 0. The molecule has 0 spiro atoms. The van der Waals surface area contributed by atoms with Gasteiger partial charge in [0.15, 0.2) is 5.69 Å². The van der Waals surface area contributed by atoms with Crippen LogP contribution in [0.15, 0.2) is 102 Å². The molecule has 0 fully saturated rings. The molecule has 198 valence electrons. The second-order valence-corrected chi connectivity index (χ2v) is 8.34. The minimum atomic E-state index is -0.739. The quantitative estimate of drug-likeness (QED) is 0.228. The smallest absolute Gasteiger partial charge is 0.280 e. The van der Waals surface area contributed by atoms with Gasteiger partial charge < -0.3 is 10.4 Å². The summed E-state index contributed by atoms with van der Waals surface area (Å²) in [5, 5.41) is 13.1. The lowest BCUT2D eigenvalue weighted by molar-refractivity contribution is -0.121. The Hall–Kier alpha value is -4.93. The maximum atomic E-state index is 13.5. The molecule has 0 radical (unpaired) electrons. The number of hydrogen-bond acceptors (Lipinski definition) is 6. The lowest BCUT2D eigenvalue weighted by Gasteiger charge is -2.19. The van der Waals surface area contributed by atoms with Gasteiger partial charge in [0.25, 0.3) is 5.56 Å². The van der Waals surface area contributed by atoms with Crippen molar-refractivity contribution in [3.63, 3.8) is 0 Å². The molecular weight excluding hydrogens is 503 g/mol. The van der Waals surface area contributed by atoms with Crippen LogP contribution in [-0.4, -0.2) is 33.6 Å². The van der Waals surface area contributed by atoms with Crippen LogP contribution in [0.3, 0.4) is 0 Å². The summed E-state index contributed by atoms with van der Waals surface area (Å²) >= 11 is 0. The molecule has 0 aliphatic heterocycles. The standard InChI is InChI=1S/C29H25FN4O5/c30-24-13-11-23(12-14-24)28-31-16-26(34(20-36)39-19-22-9-5-2-6-10-22)29(38)33(28)17-27(37)32-25(18-35)15-21-7-3-1-4-8-21/h1-16,20,35H,17-19H2,(H,32,37). The van der Waals surface area contributed by atoms with Crippen molar-refractivity contribution in [1.29, 1.82) is 0 Å². The van der Waals surface area contributed by atoms with Gasteiger partial charge in [0.05, 0.1) is 12.8 Å². The maximum Gasteiger partial charge on any atom is 0.280 e. The fourth-order valence-electron chi connectivity index (χ4n) is 3.72. The molecule has 1 heterocycles. The van der Waals surface area contributed by atoms with Crippen molar-refractivity contribution < 1.29 is 23.9 Å². The molecule has 0 aliphatic rings. The van der Waals surface area contributed by atoms with E-state index in [0.29, 0.717) is 12.0 Å². The Kier molecular flexibility index (Phi) is 9.07. The summed E-state index contributed by atoms with van der Waals surface area (Å²) in [6.45, 7) is -0.960. The third-order valence-corrected chi connectivity index (χ3v) is 5.59. The molecule has 10 heteroatoms. The number of nitrogens with one attached hydrogen (secondary N) is 1. The summed E-state index contributed by atoms with van der Waals surface area (Å²) in [5.41, 5.74) is 1.15. The number of carbonyl (C=O) groups is 2. The van der Waals surface area contributed by atoms with E-state index < -0.39 is 30.4 Å². The van der Waals surface area contributed by atoms with Crippen LogP contribution < -0.4 is 15.9 Å². The fourth-order valence-corrected chi connectivity index (χ4v) is 3.72. The second kappa shape index (κ2) is 13.0. The predicted octanol–water partition coefficient (Wildman–Crippen LogP) is 3.29. The largest absolute Gasteiger partial charge is 0.390 e. The van der Waals surface area contributed by atoms with Crippen LogP contribution in [0.2, 0.25) is 0 Å². The first kappa shape index (κ1) is 27.1. The van der Waals surface area contributed by atoms with Crippen molar-refractivity contribution in [2.24, 2.45) is 0 Å².